The van der Waals surface area contributed by atoms with Crippen molar-refractivity contribution in [1.29, 1.82) is 0 Å². The largest absolute Gasteiger partial charge is 0.354 e. The molecule has 0 atom stereocenters. The van der Waals surface area contributed by atoms with Crippen LogP contribution in [-0.4, -0.2) is 0 Å². The number of rotatable bonds is 4. The molecule has 0 heterocycles. The number of fused-ring (bicyclic) bond motifs is 3. The molecule has 0 radical (unpaired) electrons. The molecule has 0 amide bonds. The maximum atomic E-state index is 3.93. The van der Waals surface area contributed by atoms with E-state index in [1.165, 1.54) is 50.2 Å². The summed E-state index contributed by atoms with van der Waals surface area (Å²) >= 11 is 0. The monoisotopic (exact) mass is 437 g/mol. The Bertz CT molecular complexity index is 1480. The molecule has 0 spiro atoms. The van der Waals surface area contributed by atoms with Gasteiger partial charge in [-0.05, 0) is 39.4 Å². The number of nitrogens with one attached hydrogen (secondary N) is 1. The smallest absolute Gasteiger partial charge is 0.0511 e. The van der Waals surface area contributed by atoms with Crippen LogP contribution in [0.5, 0.6) is 0 Å². The van der Waals surface area contributed by atoms with Gasteiger partial charge in [-0.25, -0.2) is 0 Å². The molecule has 5 aromatic rings. The van der Waals surface area contributed by atoms with Gasteiger partial charge >= 0.3 is 0 Å². The molecule has 1 aliphatic carbocycles. The molecule has 34 heavy (non-hydrogen) atoms. The molecule has 1 nitrogen and oxygen atoms in total. The summed E-state index contributed by atoms with van der Waals surface area (Å²) < 4.78 is 0. The van der Waals surface area contributed by atoms with Gasteiger partial charge in [0.1, 0.15) is 0 Å². The highest BCUT2D eigenvalue weighted by atomic mass is 14.9. The summed E-state index contributed by atoms with van der Waals surface area (Å²) in [6.07, 6.45) is 0. The molecule has 1 heteroatoms. The first-order valence-electron chi connectivity index (χ1n) is 11.9. The normalized spacial score (nSPS) is 13.2. The third-order valence-corrected chi connectivity index (χ3v) is 7.08. The number of benzene rings is 5. The third kappa shape index (κ3) is 3.24. The van der Waals surface area contributed by atoms with Crippen molar-refractivity contribution in [3.05, 3.63) is 132 Å². The van der Waals surface area contributed by atoms with Crippen molar-refractivity contribution in [2.75, 3.05) is 5.32 Å². The molecule has 6 rings (SSSR count). The molecular weight excluding hydrogens is 410 g/mol. The van der Waals surface area contributed by atoms with Crippen molar-refractivity contribution >= 4 is 11.4 Å². The molecule has 5 aromatic carbocycles. The lowest BCUT2D eigenvalue weighted by Crippen LogP contribution is -2.17. The van der Waals surface area contributed by atoms with Crippen molar-refractivity contribution < 1.29 is 0 Å². The number of para-hydroxylation sites is 1. The summed E-state index contributed by atoms with van der Waals surface area (Å²) in [5.74, 6) is 0. The summed E-state index contributed by atoms with van der Waals surface area (Å²) in [4.78, 5) is 0. The molecule has 0 unspecified atom stereocenters. The van der Waals surface area contributed by atoms with Gasteiger partial charge in [-0.1, -0.05) is 129 Å². The van der Waals surface area contributed by atoms with Crippen LogP contribution in [0.2, 0.25) is 0 Å². The highest BCUT2D eigenvalue weighted by molar-refractivity contribution is 5.96. The topological polar surface area (TPSA) is 12.0 Å². The fraction of sp³-hybridized carbons (Fsp3) is 0.0909. The zero-order valence-corrected chi connectivity index (χ0v) is 19.5. The summed E-state index contributed by atoms with van der Waals surface area (Å²) in [6, 6.07) is 43.3. The Hall–Kier alpha value is -4.10. The van der Waals surface area contributed by atoms with Gasteiger partial charge in [0.25, 0.3) is 0 Å². The van der Waals surface area contributed by atoms with Crippen molar-refractivity contribution in [1.82, 2.24) is 0 Å². The Labute approximate surface area is 201 Å². The Morgan fingerprint density at radius 2 is 1.00 bits per heavy atom. The standard InChI is InChI=1S/C33H27N/c1-33(2)29-19-11-9-18-27(29)28-22-21-26(24-15-7-4-8-16-24)32(31(28)33)34-30-20-12-10-17-25(30)23-13-5-3-6-14-23/h3-22,34H,1-2H3. The minimum atomic E-state index is -0.110. The van der Waals surface area contributed by atoms with Crippen LogP contribution in [0.15, 0.2) is 121 Å². The lowest BCUT2D eigenvalue weighted by atomic mass is 9.80. The van der Waals surface area contributed by atoms with Crippen LogP contribution >= 0.6 is 0 Å². The first-order chi connectivity index (χ1) is 16.6. The maximum absolute atomic E-state index is 3.93. The van der Waals surface area contributed by atoms with Gasteiger partial charge in [0.15, 0.2) is 0 Å². The fourth-order valence-corrected chi connectivity index (χ4v) is 5.46. The molecule has 164 valence electrons. The van der Waals surface area contributed by atoms with Crippen molar-refractivity contribution in [3.63, 3.8) is 0 Å². The average Bonchev–Trinajstić information content (AvgIpc) is 3.13. The average molecular weight is 438 g/mol. The van der Waals surface area contributed by atoms with Gasteiger partial charge in [0.2, 0.25) is 0 Å². The van der Waals surface area contributed by atoms with Crippen LogP contribution in [0.3, 0.4) is 0 Å². The van der Waals surface area contributed by atoms with E-state index in [0.29, 0.717) is 0 Å². The molecule has 1 N–H and O–H groups in total. The summed E-state index contributed by atoms with van der Waals surface area (Å²) in [6.45, 7) is 4.70. The van der Waals surface area contributed by atoms with Crippen LogP contribution in [0, 0.1) is 0 Å². The molecule has 0 fully saturated rings. The SMILES string of the molecule is CC1(C)c2ccccc2-c2ccc(-c3ccccc3)c(Nc3ccccc3-c3ccccc3)c21. The second-order valence-electron chi connectivity index (χ2n) is 9.48. The Kier molecular flexibility index (Phi) is 4.85. The second-order valence-corrected chi connectivity index (χ2v) is 9.48. The van der Waals surface area contributed by atoms with E-state index < -0.39 is 0 Å². The van der Waals surface area contributed by atoms with Crippen LogP contribution in [0.1, 0.15) is 25.0 Å². The molecule has 1 aliphatic rings. The van der Waals surface area contributed by atoms with Crippen LogP contribution in [-0.2, 0) is 5.41 Å². The highest BCUT2D eigenvalue weighted by Crippen LogP contribution is 2.54. The van der Waals surface area contributed by atoms with Crippen molar-refractivity contribution in [2.24, 2.45) is 0 Å². The fourth-order valence-electron chi connectivity index (χ4n) is 5.46. The second kappa shape index (κ2) is 8.04. The zero-order chi connectivity index (χ0) is 23.1. The molecular formula is C33H27N. The van der Waals surface area contributed by atoms with E-state index in [2.05, 4.69) is 140 Å². The minimum Gasteiger partial charge on any atom is -0.354 e. The van der Waals surface area contributed by atoms with Gasteiger partial charge in [-0.3, -0.25) is 0 Å². The van der Waals surface area contributed by atoms with E-state index in [-0.39, 0.29) is 5.41 Å². The van der Waals surface area contributed by atoms with E-state index >= 15 is 0 Å². The first-order valence-corrected chi connectivity index (χ1v) is 11.9. The highest BCUT2D eigenvalue weighted by Gasteiger charge is 2.38. The van der Waals surface area contributed by atoms with Crippen LogP contribution < -0.4 is 5.32 Å². The van der Waals surface area contributed by atoms with E-state index in [0.717, 1.165) is 5.69 Å². The van der Waals surface area contributed by atoms with Gasteiger partial charge in [0, 0.05) is 22.2 Å². The maximum Gasteiger partial charge on any atom is 0.0511 e. The lowest BCUT2D eigenvalue weighted by Gasteiger charge is -2.27. The van der Waals surface area contributed by atoms with Gasteiger partial charge in [-0.15, -0.1) is 0 Å². The van der Waals surface area contributed by atoms with E-state index in [9.17, 15) is 0 Å². The molecule has 0 aromatic heterocycles. The zero-order valence-electron chi connectivity index (χ0n) is 19.5. The summed E-state index contributed by atoms with van der Waals surface area (Å²) in [5, 5.41) is 3.93. The van der Waals surface area contributed by atoms with Gasteiger partial charge in [-0.2, -0.15) is 0 Å². The quantitative estimate of drug-likeness (QED) is 0.296. The third-order valence-electron chi connectivity index (χ3n) is 7.08. The number of hydrogen-bond donors (Lipinski definition) is 1. The molecule has 0 saturated heterocycles. The molecule has 0 saturated carbocycles. The number of anilines is 2. The predicted molar refractivity (Wildman–Crippen MR) is 145 cm³/mol. The van der Waals surface area contributed by atoms with E-state index in [1.807, 2.05) is 0 Å². The Balaban J connectivity index is 1.60. The lowest BCUT2D eigenvalue weighted by molar-refractivity contribution is 0.662. The van der Waals surface area contributed by atoms with Gasteiger partial charge < -0.3 is 5.32 Å². The number of hydrogen-bond acceptors (Lipinski definition) is 1. The predicted octanol–water partition coefficient (Wildman–Crippen LogP) is 9.07. The van der Waals surface area contributed by atoms with Crippen LogP contribution in [0.4, 0.5) is 11.4 Å². The molecule has 0 aliphatic heterocycles. The summed E-state index contributed by atoms with van der Waals surface area (Å²) in [5.41, 5.74) is 12.4. The van der Waals surface area contributed by atoms with Gasteiger partial charge in [0.05, 0.1) is 5.69 Å². The summed E-state index contributed by atoms with van der Waals surface area (Å²) in [7, 11) is 0. The van der Waals surface area contributed by atoms with Crippen LogP contribution in [0.25, 0.3) is 33.4 Å². The molecule has 0 bridgehead atoms. The van der Waals surface area contributed by atoms with E-state index in [1.54, 1.807) is 0 Å². The first kappa shape index (κ1) is 20.5. The Morgan fingerprint density at radius 3 is 1.71 bits per heavy atom. The van der Waals surface area contributed by atoms with Crippen molar-refractivity contribution in [2.45, 2.75) is 19.3 Å². The van der Waals surface area contributed by atoms with Crippen molar-refractivity contribution in [3.8, 4) is 33.4 Å². The van der Waals surface area contributed by atoms with E-state index in [4.69, 9.17) is 0 Å². The minimum absolute atomic E-state index is 0.110. The Morgan fingerprint density at radius 1 is 0.471 bits per heavy atom.